The molecule has 0 aliphatic heterocycles. The Hall–Kier alpha value is -1.62. The summed E-state index contributed by atoms with van der Waals surface area (Å²) in [5.41, 5.74) is 2.19. The van der Waals surface area contributed by atoms with Crippen LogP contribution in [0, 0.1) is 6.92 Å². The van der Waals surface area contributed by atoms with E-state index in [-0.39, 0.29) is 0 Å². The van der Waals surface area contributed by atoms with Gasteiger partial charge in [0.15, 0.2) is 0 Å². The van der Waals surface area contributed by atoms with Crippen LogP contribution in [0.1, 0.15) is 5.56 Å². The highest BCUT2D eigenvalue weighted by Crippen LogP contribution is 2.18. The number of hydrogen-bond donors (Lipinski definition) is 0. The SMILES string of the molecule is C=CCSc1nnnn1-c1ccc(C)cc1. The standard InChI is InChI=1S/C11H12N4S/c1-3-8-16-11-12-13-14-15(11)10-6-4-9(2)5-7-10/h3-7H,1,8H2,2H3. The van der Waals surface area contributed by atoms with E-state index in [4.69, 9.17) is 0 Å². The molecule has 0 aliphatic rings. The molecule has 0 fully saturated rings. The minimum atomic E-state index is 0.781. The van der Waals surface area contributed by atoms with Crippen molar-refractivity contribution in [3.63, 3.8) is 0 Å². The molecule has 0 bridgehead atoms. The molecule has 82 valence electrons. The summed E-state index contributed by atoms with van der Waals surface area (Å²) >= 11 is 1.56. The van der Waals surface area contributed by atoms with Gasteiger partial charge in [0.05, 0.1) is 5.69 Å². The van der Waals surface area contributed by atoms with Gasteiger partial charge in [0.2, 0.25) is 5.16 Å². The van der Waals surface area contributed by atoms with Crippen LogP contribution in [0.25, 0.3) is 5.69 Å². The second kappa shape index (κ2) is 4.94. The Labute approximate surface area is 98.4 Å². The molecule has 0 amide bonds. The van der Waals surface area contributed by atoms with E-state index in [1.165, 1.54) is 5.56 Å². The van der Waals surface area contributed by atoms with Gasteiger partial charge in [0.1, 0.15) is 0 Å². The van der Waals surface area contributed by atoms with Crippen molar-refractivity contribution in [2.75, 3.05) is 5.75 Å². The fraction of sp³-hybridized carbons (Fsp3) is 0.182. The fourth-order valence-electron chi connectivity index (χ4n) is 1.25. The second-order valence-electron chi connectivity index (χ2n) is 3.31. The van der Waals surface area contributed by atoms with E-state index in [2.05, 4.69) is 29.0 Å². The number of aryl methyl sites for hydroxylation is 1. The maximum absolute atomic E-state index is 3.97. The minimum Gasteiger partial charge on any atom is -0.188 e. The van der Waals surface area contributed by atoms with Gasteiger partial charge in [-0.05, 0) is 29.5 Å². The number of tetrazole rings is 1. The van der Waals surface area contributed by atoms with Gasteiger partial charge in [-0.2, -0.15) is 4.68 Å². The molecule has 5 heteroatoms. The van der Waals surface area contributed by atoms with Crippen LogP contribution >= 0.6 is 11.8 Å². The van der Waals surface area contributed by atoms with Crippen LogP contribution in [0.5, 0.6) is 0 Å². The van der Waals surface area contributed by atoms with Crippen molar-refractivity contribution in [1.82, 2.24) is 20.2 Å². The largest absolute Gasteiger partial charge is 0.214 e. The highest BCUT2D eigenvalue weighted by atomic mass is 32.2. The maximum atomic E-state index is 3.97. The fourth-order valence-corrected chi connectivity index (χ4v) is 1.88. The lowest BCUT2D eigenvalue weighted by Gasteiger charge is -2.03. The third-order valence-corrected chi connectivity index (χ3v) is 2.96. The summed E-state index contributed by atoms with van der Waals surface area (Å²) in [5, 5.41) is 12.4. The van der Waals surface area contributed by atoms with Crippen molar-refractivity contribution in [1.29, 1.82) is 0 Å². The van der Waals surface area contributed by atoms with Crippen LogP contribution in [-0.2, 0) is 0 Å². The number of thioether (sulfide) groups is 1. The summed E-state index contributed by atoms with van der Waals surface area (Å²) in [6.07, 6.45) is 1.83. The maximum Gasteiger partial charge on any atom is 0.214 e. The molecule has 16 heavy (non-hydrogen) atoms. The average Bonchev–Trinajstić information content (AvgIpc) is 2.75. The van der Waals surface area contributed by atoms with Crippen LogP contribution in [0.15, 0.2) is 42.1 Å². The Morgan fingerprint density at radius 2 is 2.12 bits per heavy atom. The van der Waals surface area contributed by atoms with E-state index in [0.717, 1.165) is 16.6 Å². The molecule has 0 N–H and O–H groups in total. The number of rotatable bonds is 4. The molecule has 1 heterocycles. The molecular formula is C11H12N4S. The lowest BCUT2D eigenvalue weighted by molar-refractivity contribution is 0.756. The Kier molecular flexibility index (Phi) is 3.36. The van der Waals surface area contributed by atoms with Crippen molar-refractivity contribution in [3.05, 3.63) is 42.5 Å². The number of benzene rings is 1. The first kappa shape index (κ1) is 10.9. The summed E-state index contributed by atoms with van der Waals surface area (Å²) in [7, 11) is 0. The molecule has 2 rings (SSSR count). The first-order valence-corrected chi connectivity index (χ1v) is 5.89. The monoisotopic (exact) mass is 232 g/mol. The van der Waals surface area contributed by atoms with Crippen LogP contribution in [0.3, 0.4) is 0 Å². The molecule has 0 unspecified atom stereocenters. The van der Waals surface area contributed by atoms with E-state index >= 15 is 0 Å². The average molecular weight is 232 g/mol. The van der Waals surface area contributed by atoms with Gasteiger partial charge < -0.3 is 0 Å². The summed E-state index contributed by atoms with van der Waals surface area (Å²) < 4.78 is 1.73. The van der Waals surface area contributed by atoms with Gasteiger partial charge >= 0.3 is 0 Å². The first-order chi connectivity index (χ1) is 7.81. The third kappa shape index (κ3) is 2.30. The van der Waals surface area contributed by atoms with Gasteiger partial charge in [-0.15, -0.1) is 11.7 Å². The highest BCUT2D eigenvalue weighted by Gasteiger charge is 2.07. The summed E-state index contributed by atoms with van der Waals surface area (Å²) in [6.45, 7) is 5.73. The molecule has 0 aliphatic carbocycles. The second-order valence-corrected chi connectivity index (χ2v) is 4.30. The Bertz CT molecular complexity index is 475. The Morgan fingerprint density at radius 3 is 2.81 bits per heavy atom. The molecule has 0 saturated carbocycles. The van der Waals surface area contributed by atoms with Gasteiger partial charge in [-0.3, -0.25) is 0 Å². The smallest absolute Gasteiger partial charge is 0.188 e. The topological polar surface area (TPSA) is 43.6 Å². The van der Waals surface area contributed by atoms with Crippen molar-refractivity contribution in [2.45, 2.75) is 12.1 Å². The normalized spacial score (nSPS) is 10.3. The lowest BCUT2D eigenvalue weighted by atomic mass is 10.2. The lowest BCUT2D eigenvalue weighted by Crippen LogP contribution is -1.98. The summed E-state index contributed by atoms with van der Waals surface area (Å²) in [5.74, 6) is 0.798. The van der Waals surface area contributed by atoms with Crippen molar-refractivity contribution in [2.24, 2.45) is 0 Å². The van der Waals surface area contributed by atoms with Crippen molar-refractivity contribution < 1.29 is 0 Å². The van der Waals surface area contributed by atoms with E-state index in [1.54, 1.807) is 16.4 Å². The van der Waals surface area contributed by atoms with E-state index in [1.807, 2.05) is 30.3 Å². The molecule has 1 aromatic heterocycles. The quantitative estimate of drug-likeness (QED) is 0.599. The zero-order valence-electron chi connectivity index (χ0n) is 9.00. The minimum absolute atomic E-state index is 0.781. The summed E-state index contributed by atoms with van der Waals surface area (Å²) in [4.78, 5) is 0. The number of aromatic nitrogens is 4. The van der Waals surface area contributed by atoms with Crippen LogP contribution in [-0.4, -0.2) is 26.0 Å². The third-order valence-electron chi connectivity index (χ3n) is 2.05. The van der Waals surface area contributed by atoms with Gasteiger partial charge in [-0.25, -0.2) is 0 Å². The predicted octanol–water partition coefficient (Wildman–Crippen LogP) is 2.25. The molecule has 0 saturated heterocycles. The van der Waals surface area contributed by atoms with Crippen LogP contribution in [0.4, 0.5) is 0 Å². The summed E-state index contributed by atoms with van der Waals surface area (Å²) in [6, 6.07) is 8.09. The van der Waals surface area contributed by atoms with E-state index in [9.17, 15) is 0 Å². The molecule has 0 atom stereocenters. The molecule has 1 aromatic carbocycles. The number of hydrogen-bond acceptors (Lipinski definition) is 4. The van der Waals surface area contributed by atoms with Crippen LogP contribution < -0.4 is 0 Å². The van der Waals surface area contributed by atoms with Crippen LogP contribution in [0.2, 0.25) is 0 Å². The Balaban J connectivity index is 2.29. The first-order valence-electron chi connectivity index (χ1n) is 4.90. The Morgan fingerprint density at radius 1 is 1.38 bits per heavy atom. The molecule has 0 radical (unpaired) electrons. The predicted molar refractivity (Wildman–Crippen MR) is 64.8 cm³/mol. The zero-order chi connectivity index (χ0) is 11.4. The molecule has 2 aromatic rings. The van der Waals surface area contributed by atoms with E-state index in [0.29, 0.717) is 0 Å². The van der Waals surface area contributed by atoms with E-state index < -0.39 is 0 Å². The van der Waals surface area contributed by atoms with Gasteiger partial charge in [0.25, 0.3) is 0 Å². The van der Waals surface area contributed by atoms with Gasteiger partial charge in [0, 0.05) is 5.75 Å². The van der Waals surface area contributed by atoms with Crippen molar-refractivity contribution in [3.8, 4) is 5.69 Å². The molecule has 4 nitrogen and oxygen atoms in total. The van der Waals surface area contributed by atoms with Gasteiger partial charge in [-0.1, -0.05) is 35.5 Å². The zero-order valence-corrected chi connectivity index (χ0v) is 9.81. The molecular weight excluding hydrogens is 220 g/mol. The van der Waals surface area contributed by atoms with Crippen molar-refractivity contribution >= 4 is 11.8 Å². The highest BCUT2D eigenvalue weighted by molar-refractivity contribution is 7.99. The molecule has 0 spiro atoms. The number of nitrogens with zero attached hydrogens (tertiary/aromatic N) is 4.